The van der Waals surface area contributed by atoms with Gasteiger partial charge in [-0.15, -0.1) is 0 Å². The largest absolute Gasteiger partial charge is 0.484 e. The number of carbonyl (C=O) groups excluding carboxylic acids is 1. The van der Waals surface area contributed by atoms with Crippen LogP contribution in [0.4, 0.5) is 15.9 Å². The summed E-state index contributed by atoms with van der Waals surface area (Å²) in [7, 11) is 2.12. The minimum atomic E-state index is -0.636. The number of hydrogen-bond acceptors (Lipinski definition) is 5. The van der Waals surface area contributed by atoms with Crippen LogP contribution in [-0.4, -0.2) is 58.5 Å². The Morgan fingerprint density at radius 1 is 1.26 bits per heavy atom. The van der Waals surface area contributed by atoms with Crippen LogP contribution in [0.15, 0.2) is 36.8 Å². The van der Waals surface area contributed by atoms with E-state index in [0.29, 0.717) is 11.5 Å². The van der Waals surface area contributed by atoms with Crippen LogP contribution in [0, 0.1) is 17.8 Å². The third-order valence-corrected chi connectivity index (χ3v) is 7.81. The molecule has 2 fully saturated rings. The first kappa shape index (κ1) is 23.1. The van der Waals surface area contributed by atoms with Gasteiger partial charge in [0.05, 0.1) is 12.0 Å². The molecule has 0 radical (unpaired) electrons. The molecule has 2 aromatic heterocycles. The maximum atomic E-state index is 13.8. The minimum absolute atomic E-state index is 0.0549. The number of halogens is 1. The van der Waals surface area contributed by atoms with E-state index in [2.05, 4.69) is 31.7 Å². The smallest absolute Gasteiger partial charge is 0.260 e. The second-order valence-corrected chi connectivity index (χ2v) is 9.67. The lowest BCUT2D eigenvalue weighted by atomic mass is 9.66. The van der Waals surface area contributed by atoms with Gasteiger partial charge in [-0.3, -0.25) is 4.79 Å². The molecular weight excluding hydrogens is 447 g/mol. The summed E-state index contributed by atoms with van der Waals surface area (Å²) in [5, 5.41) is 1.05. The molecule has 1 amide bonds. The van der Waals surface area contributed by atoms with Crippen molar-refractivity contribution in [3.8, 4) is 5.75 Å². The quantitative estimate of drug-likeness (QED) is 0.540. The van der Waals surface area contributed by atoms with E-state index in [1.165, 1.54) is 12.1 Å². The number of aromatic nitrogens is 3. The molecule has 0 bridgehead atoms. The number of carbonyl (C=O) groups is 1. The number of benzene rings is 1. The van der Waals surface area contributed by atoms with Crippen LogP contribution in [0.5, 0.6) is 5.75 Å². The minimum Gasteiger partial charge on any atom is -0.484 e. The summed E-state index contributed by atoms with van der Waals surface area (Å²) in [5.41, 5.74) is 1.10. The van der Waals surface area contributed by atoms with E-state index in [9.17, 15) is 9.18 Å². The number of nitrogens with zero attached hydrogens (tertiary/aromatic N) is 5. The number of hydrogen-bond donors (Lipinski definition) is 1. The van der Waals surface area contributed by atoms with Crippen LogP contribution in [-0.2, 0) is 4.79 Å². The Hall–Kier alpha value is -3.67. The second kappa shape index (κ2) is 9.53. The summed E-state index contributed by atoms with van der Waals surface area (Å²) >= 11 is 0. The van der Waals surface area contributed by atoms with E-state index >= 15 is 0 Å². The zero-order valence-electron chi connectivity index (χ0n) is 19.8. The lowest BCUT2D eigenvalue weighted by Gasteiger charge is -2.47. The highest BCUT2D eigenvalue weighted by molar-refractivity contribution is 5.87. The molecule has 5 rings (SSSR count). The van der Waals surface area contributed by atoms with E-state index in [0.717, 1.165) is 74.5 Å². The van der Waals surface area contributed by atoms with Crippen molar-refractivity contribution in [3.05, 3.63) is 54.0 Å². The SMILES string of the molecule is [C-]#[N+]c1ccc(OCC(=O)N2CCC3(CCC(N(C)c4ncnc5[nH]ccc45)CC3)CC2)cc1F. The summed E-state index contributed by atoms with van der Waals surface area (Å²) in [4.78, 5) is 31.9. The molecule has 0 unspecified atom stereocenters. The van der Waals surface area contributed by atoms with E-state index in [1.54, 1.807) is 6.33 Å². The number of fused-ring (bicyclic) bond motifs is 1. The van der Waals surface area contributed by atoms with Gasteiger partial charge in [-0.2, -0.15) is 0 Å². The molecule has 8 nitrogen and oxygen atoms in total. The normalized spacial score (nSPS) is 17.9. The second-order valence-electron chi connectivity index (χ2n) is 9.67. The molecule has 1 aromatic carbocycles. The van der Waals surface area contributed by atoms with E-state index in [1.807, 2.05) is 17.2 Å². The first-order valence-corrected chi connectivity index (χ1v) is 12.1. The van der Waals surface area contributed by atoms with Gasteiger partial charge in [0.15, 0.2) is 6.61 Å². The van der Waals surface area contributed by atoms with Crippen molar-refractivity contribution in [2.75, 3.05) is 31.6 Å². The average molecular weight is 477 g/mol. The third kappa shape index (κ3) is 4.65. The third-order valence-electron chi connectivity index (χ3n) is 7.81. The van der Waals surface area contributed by atoms with Gasteiger partial charge in [-0.25, -0.2) is 19.2 Å². The van der Waals surface area contributed by atoms with Gasteiger partial charge in [-0.1, -0.05) is 0 Å². The van der Waals surface area contributed by atoms with Crippen molar-refractivity contribution in [3.63, 3.8) is 0 Å². The van der Waals surface area contributed by atoms with Crippen LogP contribution in [0.2, 0.25) is 0 Å². The predicted octanol–water partition coefficient (Wildman–Crippen LogP) is 4.71. The fraction of sp³-hybridized carbons (Fsp3) is 0.462. The first-order valence-electron chi connectivity index (χ1n) is 12.1. The van der Waals surface area contributed by atoms with E-state index < -0.39 is 5.82 Å². The zero-order chi connectivity index (χ0) is 24.4. The molecule has 1 aliphatic carbocycles. The fourth-order valence-corrected chi connectivity index (χ4v) is 5.55. The van der Waals surface area contributed by atoms with Crippen LogP contribution >= 0.6 is 0 Å². The Balaban J connectivity index is 1.12. The molecule has 35 heavy (non-hydrogen) atoms. The maximum absolute atomic E-state index is 13.8. The van der Waals surface area contributed by atoms with Crippen molar-refractivity contribution in [2.45, 2.75) is 44.6 Å². The summed E-state index contributed by atoms with van der Waals surface area (Å²) in [6.07, 6.45) is 10.0. The highest BCUT2D eigenvalue weighted by Gasteiger charge is 2.40. The van der Waals surface area contributed by atoms with Gasteiger partial charge < -0.3 is 19.5 Å². The molecule has 1 aliphatic heterocycles. The molecule has 3 aromatic rings. The fourth-order valence-electron chi connectivity index (χ4n) is 5.55. The predicted molar refractivity (Wildman–Crippen MR) is 131 cm³/mol. The van der Waals surface area contributed by atoms with Crippen LogP contribution < -0.4 is 9.64 Å². The summed E-state index contributed by atoms with van der Waals surface area (Å²) in [6, 6.07) is 6.51. The lowest BCUT2D eigenvalue weighted by molar-refractivity contribution is -0.136. The van der Waals surface area contributed by atoms with E-state index in [4.69, 9.17) is 11.3 Å². The molecule has 1 saturated carbocycles. The number of nitrogens with one attached hydrogen (secondary N) is 1. The lowest BCUT2D eigenvalue weighted by Crippen LogP contribution is -2.47. The number of rotatable bonds is 5. The topological polar surface area (TPSA) is 78.7 Å². The molecule has 0 atom stereocenters. The Kier molecular flexibility index (Phi) is 6.29. The van der Waals surface area contributed by atoms with Gasteiger partial charge in [0.25, 0.3) is 5.91 Å². The highest BCUT2D eigenvalue weighted by atomic mass is 19.1. The average Bonchev–Trinajstić information content (AvgIpc) is 3.37. The number of piperidine rings is 1. The number of likely N-dealkylation sites (tertiary alicyclic amines) is 1. The summed E-state index contributed by atoms with van der Waals surface area (Å²) in [6.45, 7) is 8.24. The molecule has 2 aliphatic rings. The monoisotopic (exact) mass is 476 g/mol. The Morgan fingerprint density at radius 2 is 2.03 bits per heavy atom. The van der Waals surface area contributed by atoms with E-state index in [-0.39, 0.29) is 24.0 Å². The van der Waals surface area contributed by atoms with Crippen molar-refractivity contribution in [1.29, 1.82) is 0 Å². The van der Waals surface area contributed by atoms with Gasteiger partial charge in [-0.05, 0) is 62.1 Å². The van der Waals surface area contributed by atoms with Crippen LogP contribution in [0.3, 0.4) is 0 Å². The first-order chi connectivity index (χ1) is 17.0. The van der Waals surface area contributed by atoms with Crippen molar-refractivity contribution in [2.24, 2.45) is 5.41 Å². The van der Waals surface area contributed by atoms with Gasteiger partial charge in [0, 0.05) is 38.4 Å². The standard InChI is InChI=1S/C26H29FN6O2/c1-28-22-4-3-19(15-21(22)27)35-16-23(34)33-13-10-26(11-14-33)8-5-18(6-9-26)32(2)25-20-7-12-29-24(20)30-17-31-25/h3-4,7,12,15,17-18H,5-6,8-11,13-14,16H2,2H3,(H,29,30,31). The molecule has 9 heteroatoms. The van der Waals surface area contributed by atoms with Crippen molar-refractivity contribution in [1.82, 2.24) is 19.9 Å². The number of H-pyrrole nitrogens is 1. The highest BCUT2D eigenvalue weighted by Crippen LogP contribution is 2.46. The van der Waals surface area contributed by atoms with Crippen molar-refractivity contribution >= 4 is 28.4 Å². The molecule has 1 saturated heterocycles. The Labute approximate surface area is 203 Å². The van der Waals surface area contributed by atoms with Gasteiger partial charge in [0.2, 0.25) is 5.69 Å². The van der Waals surface area contributed by atoms with Gasteiger partial charge >= 0.3 is 0 Å². The molecule has 1 N–H and O–H groups in total. The summed E-state index contributed by atoms with van der Waals surface area (Å²) < 4.78 is 19.3. The number of aromatic amines is 1. The molecule has 182 valence electrons. The number of anilines is 1. The van der Waals surface area contributed by atoms with Gasteiger partial charge in [0.1, 0.15) is 29.4 Å². The Bertz CT molecular complexity index is 1250. The zero-order valence-corrected chi connectivity index (χ0v) is 19.8. The molecule has 3 heterocycles. The van der Waals surface area contributed by atoms with Crippen molar-refractivity contribution < 1.29 is 13.9 Å². The molecular formula is C26H29FN6O2. The maximum Gasteiger partial charge on any atom is 0.260 e. The molecule has 1 spiro atoms. The number of amides is 1. The van der Waals surface area contributed by atoms with Crippen LogP contribution in [0.25, 0.3) is 15.9 Å². The van der Waals surface area contributed by atoms with Crippen LogP contribution in [0.1, 0.15) is 38.5 Å². The Morgan fingerprint density at radius 3 is 2.74 bits per heavy atom. The number of ether oxygens (including phenoxy) is 1. The summed E-state index contributed by atoms with van der Waals surface area (Å²) in [5.74, 6) is 0.520.